The number of ether oxygens (including phenoxy) is 1. The maximum atomic E-state index is 12.0. The van der Waals surface area contributed by atoms with E-state index in [1.54, 1.807) is 0 Å². The van der Waals surface area contributed by atoms with Gasteiger partial charge < -0.3 is 9.64 Å². The van der Waals surface area contributed by atoms with Crippen LogP contribution in [0.2, 0.25) is 0 Å². The fourth-order valence-electron chi connectivity index (χ4n) is 2.30. The van der Waals surface area contributed by atoms with E-state index in [0.29, 0.717) is 12.0 Å². The zero-order valence-corrected chi connectivity index (χ0v) is 13.2. The average Bonchev–Trinajstić information content (AvgIpc) is 3.18. The largest absolute Gasteiger partial charge is 0.468 e. The first-order valence-corrected chi connectivity index (χ1v) is 7.46. The number of methoxy groups -OCH3 is 1. The minimum atomic E-state index is -0.542. The number of rotatable bonds is 9. The molecular weight excluding hydrogens is 240 g/mol. The van der Waals surface area contributed by atoms with Gasteiger partial charge in [0.15, 0.2) is 0 Å². The van der Waals surface area contributed by atoms with Gasteiger partial charge in [-0.05, 0) is 39.2 Å². The fraction of sp³-hybridized carbons (Fsp3) is 0.933. The molecular formula is C15H30N2O2. The van der Waals surface area contributed by atoms with Crippen molar-refractivity contribution < 1.29 is 9.53 Å². The molecule has 1 aliphatic rings. The quantitative estimate of drug-likeness (QED) is 0.651. The van der Waals surface area contributed by atoms with Crippen molar-refractivity contribution >= 4 is 5.97 Å². The zero-order valence-electron chi connectivity index (χ0n) is 13.2. The molecule has 0 aromatic rings. The minimum Gasteiger partial charge on any atom is -0.468 e. The van der Waals surface area contributed by atoms with Gasteiger partial charge in [0, 0.05) is 19.1 Å². The average molecular weight is 270 g/mol. The lowest BCUT2D eigenvalue weighted by Gasteiger charge is -2.30. The van der Waals surface area contributed by atoms with Crippen molar-refractivity contribution in [2.24, 2.45) is 5.92 Å². The molecule has 0 aromatic carbocycles. The molecule has 19 heavy (non-hydrogen) atoms. The van der Waals surface area contributed by atoms with Gasteiger partial charge in [0.1, 0.15) is 5.54 Å². The molecule has 2 unspecified atom stereocenters. The molecule has 0 radical (unpaired) electrons. The van der Waals surface area contributed by atoms with E-state index in [9.17, 15) is 4.79 Å². The molecule has 0 aromatic heterocycles. The van der Waals surface area contributed by atoms with Gasteiger partial charge in [-0.15, -0.1) is 0 Å². The van der Waals surface area contributed by atoms with Crippen molar-refractivity contribution in [1.82, 2.24) is 10.2 Å². The summed E-state index contributed by atoms with van der Waals surface area (Å²) in [6.45, 7) is 8.44. The Kier molecular flexibility index (Phi) is 6.27. The van der Waals surface area contributed by atoms with Gasteiger partial charge in [-0.25, -0.2) is 0 Å². The molecule has 2 atom stereocenters. The Bertz CT molecular complexity index is 292. The lowest BCUT2D eigenvalue weighted by atomic mass is 9.97. The highest BCUT2D eigenvalue weighted by Crippen LogP contribution is 2.25. The third-order valence-corrected chi connectivity index (χ3v) is 4.05. The molecule has 4 nitrogen and oxygen atoms in total. The van der Waals surface area contributed by atoms with Crippen LogP contribution in [-0.4, -0.2) is 49.7 Å². The molecule has 1 aliphatic carbocycles. The van der Waals surface area contributed by atoms with Gasteiger partial charge in [-0.3, -0.25) is 10.1 Å². The van der Waals surface area contributed by atoms with Crippen LogP contribution < -0.4 is 5.32 Å². The third kappa shape index (κ3) is 5.49. The first kappa shape index (κ1) is 16.4. The van der Waals surface area contributed by atoms with Crippen molar-refractivity contribution in [2.45, 2.75) is 58.0 Å². The van der Waals surface area contributed by atoms with Crippen molar-refractivity contribution in [3.63, 3.8) is 0 Å². The normalized spacial score (nSPS) is 20.1. The summed E-state index contributed by atoms with van der Waals surface area (Å²) in [5, 5.41) is 3.44. The van der Waals surface area contributed by atoms with Gasteiger partial charge >= 0.3 is 5.97 Å². The van der Waals surface area contributed by atoms with E-state index in [2.05, 4.69) is 31.1 Å². The number of hydrogen-bond acceptors (Lipinski definition) is 4. The van der Waals surface area contributed by atoms with Crippen LogP contribution in [0.25, 0.3) is 0 Å². The summed E-state index contributed by atoms with van der Waals surface area (Å²) in [5.41, 5.74) is -0.542. The Labute approximate surface area is 117 Å². The predicted octanol–water partition coefficient (Wildman–Crippen LogP) is 2.04. The van der Waals surface area contributed by atoms with E-state index in [0.717, 1.165) is 19.5 Å². The second kappa shape index (κ2) is 7.25. The van der Waals surface area contributed by atoms with Crippen LogP contribution in [0.1, 0.15) is 46.5 Å². The van der Waals surface area contributed by atoms with E-state index in [-0.39, 0.29) is 5.97 Å². The second-order valence-corrected chi connectivity index (χ2v) is 6.27. The highest BCUT2D eigenvalue weighted by Gasteiger charge is 2.39. The molecule has 4 heteroatoms. The SMILES string of the molecule is CCC(C)CN(C)CCC(C)(NC1CC1)C(=O)OC. The molecule has 0 saturated heterocycles. The van der Waals surface area contributed by atoms with Crippen LogP contribution >= 0.6 is 0 Å². The first-order valence-electron chi connectivity index (χ1n) is 7.46. The first-order chi connectivity index (χ1) is 8.91. The maximum Gasteiger partial charge on any atom is 0.325 e. The van der Waals surface area contributed by atoms with E-state index in [1.165, 1.54) is 26.4 Å². The zero-order chi connectivity index (χ0) is 14.5. The standard InChI is InChI=1S/C15H30N2O2/c1-6-12(2)11-17(4)10-9-15(3,14(18)19-5)16-13-7-8-13/h12-13,16H,6-11H2,1-5H3. The molecule has 112 valence electrons. The van der Waals surface area contributed by atoms with Crippen molar-refractivity contribution in [3.05, 3.63) is 0 Å². The highest BCUT2D eigenvalue weighted by atomic mass is 16.5. The number of esters is 1. The Hall–Kier alpha value is -0.610. The van der Waals surface area contributed by atoms with Crippen LogP contribution in [0.15, 0.2) is 0 Å². The Morgan fingerprint density at radius 2 is 2.16 bits per heavy atom. The third-order valence-electron chi connectivity index (χ3n) is 4.05. The molecule has 0 heterocycles. The molecule has 1 N–H and O–H groups in total. The van der Waals surface area contributed by atoms with Crippen molar-refractivity contribution in [1.29, 1.82) is 0 Å². The number of nitrogens with one attached hydrogen (secondary N) is 1. The number of nitrogens with zero attached hydrogens (tertiary/aromatic N) is 1. The maximum absolute atomic E-state index is 12.0. The molecule has 0 spiro atoms. The Morgan fingerprint density at radius 3 is 2.63 bits per heavy atom. The van der Waals surface area contributed by atoms with E-state index in [4.69, 9.17) is 4.74 Å². The molecule has 0 aliphatic heterocycles. The molecule has 1 fully saturated rings. The number of hydrogen-bond donors (Lipinski definition) is 1. The topological polar surface area (TPSA) is 41.6 Å². The molecule has 0 bridgehead atoms. The number of carbonyl (C=O) groups is 1. The van der Waals surface area contributed by atoms with E-state index in [1.807, 2.05) is 6.92 Å². The van der Waals surface area contributed by atoms with Crippen molar-refractivity contribution in [3.8, 4) is 0 Å². The van der Waals surface area contributed by atoms with Crippen LogP contribution in [0.5, 0.6) is 0 Å². The van der Waals surface area contributed by atoms with Crippen LogP contribution in [0.3, 0.4) is 0 Å². The van der Waals surface area contributed by atoms with E-state index >= 15 is 0 Å². The predicted molar refractivity (Wildman–Crippen MR) is 78.1 cm³/mol. The number of carbonyl (C=O) groups excluding carboxylic acids is 1. The lowest BCUT2D eigenvalue weighted by Crippen LogP contribution is -2.52. The van der Waals surface area contributed by atoms with Gasteiger partial charge in [-0.1, -0.05) is 20.3 Å². The smallest absolute Gasteiger partial charge is 0.325 e. The second-order valence-electron chi connectivity index (χ2n) is 6.27. The Morgan fingerprint density at radius 1 is 1.53 bits per heavy atom. The molecule has 0 amide bonds. The summed E-state index contributed by atoms with van der Waals surface area (Å²) >= 11 is 0. The van der Waals surface area contributed by atoms with Crippen LogP contribution in [0, 0.1) is 5.92 Å². The lowest BCUT2D eigenvalue weighted by molar-refractivity contribution is -0.148. The molecule has 1 saturated carbocycles. The van der Waals surface area contributed by atoms with Gasteiger partial charge in [0.25, 0.3) is 0 Å². The summed E-state index contributed by atoms with van der Waals surface area (Å²) in [5.74, 6) is 0.558. The summed E-state index contributed by atoms with van der Waals surface area (Å²) in [7, 11) is 3.60. The van der Waals surface area contributed by atoms with Gasteiger partial charge in [-0.2, -0.15) is 0 Å². The fourth-order valence-corrected chi connectivity index (χ4v) is 2.30. The summed E-state index contributed by atoms with van der Waals surface area (Å²) in [4.78, 5) is 14.3. The van der Waals surface area contributed by atoms with Crippen LogP contribution in [0.4, 0.5) is 0 Å². The molecule has 1 rings (SSSR count). The Balaban J connectivity index is 2.45. The summed E-state index contributed by atoms with van der Waals surface area (Å²) in [6.07, 6.45) is 4.34. The van der Waals surface area contributed by atoms with E-state index < -0.39 is 5.54 Å². The van der Waals surface area contributed by atoms with Gasteiger partial charge in [0.2, 0.25) is 0 Å². The highest BCUT2D eigenvalue weighted by molar-refractivity contribution is 5.80. The summed E-state index contributed by atoms with van der Waals surface area (Å²) in [6, 6.07) is 0.504. The monoisotopic (exact) mass is 270 g/mol. The summed E-state index contributed by atoms with van der Waals surface area (Å²) < 4.78 is 4.96. The van der Waals surface area contributed by atoms with Crippen LogP contribution in [-0.2, 0) is 9.53 Å². The van der Waals surface area contributed by atoms with Gasteiger partial charge in [0.05, 0.1) is 7.11 Å². The minimum absolute atomic E-state index is 0.142. The van der Waals surface area contributed by atoms with Crippen molar-refractivity contribution in [2.75, 3.05) is 27.2 Å².